The second kappa shape index (κ2) is 5.79. The van der Waals surface area contributed by atoms with Gasteiger partial charge in [0.05, 0.1) is 12.0 Å². The lowest BCUT2D eigenvalue weighted by molar-refractivity contribution is -0.116. The molecule has 20 heavy (non-hydrogen) atoms. The number of benzene rings is 1. The van der Waals surface area contributed by atoms with Crippen LogP contribution in [-0.2, 0) is 24.2 Å². The highest BCUT2D eigenvalue weighted by Gasteiger charge is 2.16. The van der Waals surface area contributed by atoms with Crippen molar-refractivity contribution in [3.63, 3.8) is 0 Å². The van der Waals surface area contributed by atoms with Crippen LogP contribution in [0.2, 0.25) is 0 Å². The Morgan fingerprint density at radius 1 is 1.35 bits per heavy atom. The van der Waals surface area contributed by atoms with Crippen molar-refractivity contribution in [2.45, 2.75) is 32.2 Å². The minimum atomic E-state index is -0.0196. The third-order valence-electron chi connectivity index (χ3n) is 3.53. The fourth-order valence-electron chi connectivity index (χ4n) is 2.59. The van der Waals surface area contributed by atoms with Gasteiger partial charge >= 0.3 is 0 Å². The molecule has 5 heteroatoms. The lowest BCUT2D eigenvalue weighted by Gasteiger charge is -2.14. The minimum absolute atomic E-state index is 0.0196. The van der Waals surface area contributed by atoms with Gasteiger partial charge in [0, 0.05) is 15.9 Å². The molecule has 1 N–H and O–H groups in total. The molecule has 0 aliphatic heterocycles. The molecule has 0 fully saturated rings. The molecular formula is C15H16BrN3O. The highest BCUT2D eigenvalue weighted by Crippen LogP contribution is 2.20. The number of anilines is 1. The van der Waals surface area contributed by atoms with Crippen LogP contribution in [0.4, 0.5) is 5.69 Å². The van der Waals surface area contributed by atoms with Crippen LogP contribution < -0.4 is 5.32 Å². The molecule has 0 unspecified atom stereocenters. The summed E-state index contributed by atoms with van der Waals surface area (Å²) in [5.41, 5.74) is 3.19. The Balaban J connectivity index is 1.69. The summed E-state index contributed by atoms with van der Waals surface area (Å²) in [7, 11) is 0. The van der Waals surface area contributed by atoms with Crippen LogP contribution in [-0.4, -0.2) is 15.5 Å². The van der Waals surface area contributed by atoms with Crippen LogP contribution in [0.3, 0.4) is 0 Å². The molecule has 0 bridgehead atoms. The number of nitrogens with one attached hydrogen (secondary N) is 1. The lowest BCUT2D eigenvalue weighted by atomic mass is 10.0. The number of imidazole rings is 1. The van der Waals surface area contributed by atoms with Crippen molar-refractivity contribution in [1.82, 2.24) is 9.55 Å². The van der Waals surface area contributed by atoms with Crippen LogP contribution in [0.1, 0.15) is 24.2 Å². The van der Waals surface area contributed by atoms with Gasteiger partial charge in [-0.05, 0) is 43.9 Å². The zero-order valence-electron chi connectivity index (χ0n) is 11.1. The lowest BCUT2D eigenvalue weighted by Crippen LogP contribution is -2.20. The van der Waals surface area contributed by atoms with Crippen LogP contribution in [0.15, 0.2) is 35.1 Å². The molecule has 0 spiro atoms. The van der Waals surface area contributed by atoms with Gasteiger partial charge in [0.2, 0.25) is 5.91 Å². The maximum Gasteiger partial charge on any atom is 0.244 e. The van der Waals surface area contributed by atoms with Crippen molar-refractivity contribution in [2.75, 3.05) is 5.32 Å². The average Bonchev–Trinajstić information content (AvgIpc) is 2.82. The standard InChI is InChI=1S/C15H16BrN3O/c16-11-4-3-5-12(8-11)18-15(20)9-19-10-17-13-6-1-2-7-14(13)19/h3-5,8,10H,1-2,6-7,9H2,(H,18,20). The Morgan fingerprint density at radius 3 is 3.05 bits per heavy atom. The van der Waals surface area contributed by atoms with E-state index in [1.54, 1.807) is 6.33 Å². The molecule has 1 amide bonds. The maximum atomic E-state index is 12.1. The second-order valence-electron chi connectivity index (χ2n) is 5.03. The van der Waals surface area contributed by atoms with Gasteiger partial charge in [-0.3, -0.25) is 4.79 Å². The van der Waals surface area contributed by atoms with E-state index in [1.165, 1.54) is 18.5 Å². The van der Waals surface area contributed by atoms with Gasteiger partial charge in [-0.1, -0.05) is 22.0 Å². The third kappa shape index (κ3) is 2.93. The summed E-state index contributed by atoms with van der Waals surface area (Å²) in [6, 6.07) is 7.61. The molecular weight excluding hydrogens is 318 g/mol. The fraction of sp³-hybridized carbons (Fsp3) is 0.333. The molecule has 4 nitrogen and oxygen atoms in total. The summed E-state index contributed by atoms with van der Waals surface area (Å²) in [5, 5.41) is 2.91. The normalized spacial score (nSPS) is 13.8. The first-order valence-corrected chi connectivity index (χ1v) is 7.60. The van der Waals surface area contributed by atoms with Gasteiger partial charge in [0.15, 0.2) is 0 Å². The van der Waals surface area contributed by atoms with E-state index in [-0.39, 0.29) is 5.91 Å². The first-order chi connectivity index (χ1) is 9.72. The highest BCUT2D eigenvalue weighted by molar-refractivity contribution is 9.10. The van der Waals surface area contributed by atoms with Crippen molar-refractivity contribution in [2.24, 2.45) is 0 Å². The second-order valence-corrected chi connectivity index (χ2v) is 5.95. The number of fused-ring (bicyclic) bond motifs is 1. The molecule has 2 aromatic rings. The monoisotopic (exact) mass is 333 g/mol. The number of aromatic nitrogens is 2. The third-order valence-corrected chi connectivity index (χ3v) is 4.03. The van der Waals surface area contributed by atoms with Gasteiger partial charge in [0.25, 0.3) is 0 Å². The Hall–Kier alpha value is -1.62. The molecule has 0 atom stereocenters. The molecule has 1 aromatic carbocycles. The minimum Gasteiger partial charge on any atom is -0.325 e. The first kappa shape index (κ1) is 13.4. The fourth-order valence-corrected chi connectivity index (χ4v) is 2.99. The number of hydrogen-bond donors (Lipinski definition) is 1. The molecule has 1 aliphatic rings. The summed E-state index contributed by atoms with van der Waals surface area (Å²) in [6.07, 6.45) is 6.24. The van der Waals surface area contributed by atoms with E-state index < -0.39 is 0 Å². The van der Waals surface area contributed by atoms with Crippen molar-refractivity contribution in [3.05, 3.63) is 46.5 Å². The number of rotatable bonds is 3. The summed E-state index contributed by atoms with van der Waals surface area (Å²) in [4.78, 5) is 16.5. The summed E-state index contributed by atoms with van der Waals surface area (Å²) < 4.78 is 2.93. The van der Waals surface area contributed by atoms with Crippen molar-refractivity contribution in [1.29, 1.82) is 0 Å². The number of carbonyl (C=O) groups excluding carboxylic acids is 1. The van der Waals surface area contributed by atoms with E-state index in [9.17, 15) is 4.79 Å². The Kier molecular flexibility index (Phi) is 3.87. The predicted molar refractivity (Wildman–Crippen MR) is 81.6 cm³/mol. The number of halogens is 1. The first-order valence-electron chi connectivity index (χ1n) is 6.80. The highest BCUT2D eigenvalue weighted by atomic mass is 79.9. The van der Waals surface area contributed by atoms with E-state index in [0.29, 0.717) is 6.54 Å². The van der Waals surface area contributed by atoms with Gasteiger partial charge < -0.3 is 9.88 Å². The van der Waals surface area contributed by atoms with E-state index in [2.05, 4.69) is 26.2 Å². The predicted octanol–water partition coefficient (Wildman–Crippen LogP) is 3.16. The van der Waals surface area contributed by atoms with Crippen molar-refractivity contribution < 1.29 is 4.79 Å². The molecule has 1 aliphatic carbocycles. The largest absolute Gasteiger partial charge is 0.325 e. The van der Waals surface area contributed by atoms with Crippen LogP contribution in [0.5, 0.6) is 0 Å². The van der Waals surface area contributed by atoms with Gasteiger partial charge in [-0.2, -0.15) is 0 Å². The van der Waals surface area contributed by atoms with Crippen LogP contribution in [0, 0.1) is 0 Å². The molecule has 0 radical (unpaired) electrons. The molecule has 0 saturated heterocycles. The van der Waals surface area contributed by atoms with Crippen LogP contribution in [0.25, 0.3) is 0 Å². The van der Waals surface area contributed by atoms with E-state index in [1.807, 2.05) is 28.8 Å². The number of amides is 1. The topological polar surface area (TPSA) is 46.9 Å². The number of aryl methyl sites for hydroxylation is 1. The molecule has 0 saturated carbocycles. The van der Waals surface area contributed by atoms with Crippen molar-refractivity contribution >= 4 is 27.5 Å². The SMILES string of the molecule is O=C(Cn1cnc2c1CCCC2)Nc1cccc(Br)c1. The maximum absolute atomic E-state index is 12.1. The van der Waals surface area contributed by atoms with Crippen molar-refractivity contribution in [3.8, 4) is 0 Å². The Bertz CT molecular complexity index is 636. The quantitative estimate of drug-likeness (QED) is 0.937. The number of nitrogens with zero attached hydrogens (tertiary/aromatic N) is 2. The summed E-state index contributed by atoms with van der Waals surface area (Å²) in [5.74, 6) is -0.0196. The summed E-state index contributed by atoms with van der Waals surface area (Å²) in [6.45, 7) is 0.328. The van der Waals surface area contributed by atoms with E-state index in [4.69, 9.17) is 0 Å². The molecule has 3 rings (SSSR count). The zero-order chi connectivity index (χ0) is 13.9. The number of hydrogen-bond acceptors (Lipinski definition) is 2. The van der Waals surface area contributed by atoms with Gasteiger partial charge in [0.1, 0.15) is 6.54 Å². The van der Waals surface area contributed by atoms with Crippen LogP contribution >= 0.6 is 15.9 Å². The van der Waals surface area contributed by atoms with Gasteiger partial charge in [-0.25, -0.2) is 4.98 Å². The van der Waals surface area contributed by atoms with Gasteiger partial charge in [-0.15, -0.1) is 0 Å². The average molecular weight is 334 g/mol. The Morgan fingerprint density at radius 2 is 2.20 bits per heavy atom. The molecule has 1 aromatic heterocycles. The summed E-state index contributed by atoms with van der Waals surface area (Å²) >= 11 is 3.40. The number of carbonyl (C=O) groups is 1. The Labute approximate surface area is 126 Å². The molecule has 1 heterocycles. The smallest absolute Gasteiger partial charge is 0.244 e. The molecule has 104 valence electrons. The van der Waals surface area contributed by atoms with E-state index >= 15 is 0 Å². The van der Waals surface area contributed by atoms with E-state index in [0.717, 1.165) is 28.7 Å². The zero-order valence-corrected chi connectivity index (χ0v) is 12.7.